The minimum atomic E-state index is 0.782. The molecule has 2 aliphatic rings. The van der Waals surface area contributed by atoms with Crippen LogP contribution in [0, 0.1) is 6.92 Å². The van der Waals surface area contributed by atoms with Crippen molar-refractivity contribution < 1.29 is 0 Å². The van der Waals surface area contributed by atoms with Gasteiger partial charge >= 0.3 is 0 Å². The monoisotopic (exact) mass is 246 g/mol. The van der Waals surface area contributed by atoms with E-state index in [0.29, 0.717) is 0 Å². The van der Waals surface area contributed by atoms with Gasteiger partial charge in [-0.25, -0.2) is 0 Å². The summed E-state index contributed by atoms with van der Waals surface area (Å²) in [5.74, 6) is 0. The van der Waals surface area contributed by atoms with Crippen LogP contribution in [0.15, 0.2) is 18.5 Å². The highest BCUT2D eigenvalue weighted by atomic mass is 15.3. The molecular formula is C14H22N4. The average molecular weight is 246 g/mol. The third-order valence-electron chi connectivity index (χ3n) is 3.94. The maximum atomic E-state index is 4.26. The summed E-state index contributed by atoms with van der Waals surface area (Å²) in [7, 11) is 0. The summed E-state index contributed by atoms with van der Waals surface area (Å²) in [5, 5.41) is 3.41. The predicted octanol–water partition coefficient (Wildman–Crippen LogP) is 0.479. The van der Waals surface area contributed by atoms with Gasteiger partial charge in [-0.2, -0.15) is 0 Å². The molecule has 0 aromatic carbocycles. The molecule has 2 fully saturated rings. The van der Waals surface area contributed by atoms with Gasteiger partial charge in [-0.3, -0.25) is 14.8 Å². The Bertz CT molecular complexity index is 395. The molecule has 4 nitrogen and oxygen atoms in total. The molecule has 0 atom stereocenters. The van der Waals surface area contributed by atoms with Crippen LogP contribution in [-0.4, -0.2) is 60.1 Å². The number of aromatic nitrogens is 1. The Hall–Kier alpha value is -0.970. The molecule has 0 bridgehead atoms. The number of nitrogens with zero attached hydrogens (tertiary/aromatic N) is 3. The molecule has 3 heterocycles. The molecule has 0 unspecified atom stereocenters. The molecule has 98 valence electrons. The number of rotatable bonds is 3. The van der Waals surface area contributed by atoms with Gasteiger partial charge in [-0.1, -0.05) is 6.07 Å². The highest BCUT2D eigenvalue weighted by Gasteiger charge is 2.31. The van der Waals surface area contributed by atoms with E-state index in [4.69, 9.17) is 0 Å². The molecule has 0 aliphatic carbocycles. The second kappa shape index (κ2) is 5.34. The zero-order valence-corrected chi connectivity index (χ0v) is 11.1. The van der Waals surface area contributed by atoms with Crippen molar-refractivity contribution in [1.29, 1.82) is 0 Å². The fourth-order valence-corrected chi connectivity index (χ4v) is 2.91. The lowest BCUT2D eigenvalue weighted by Gasteiger charge is -2.46. The van der Waals surface area contributed by atoms with Crippen LogP contribution in [0.25, 0.3) is 0 Å². The van der Waals surface area contributed by atoms with Gasteiger partial charge in [0.15, 0.2) is 0 Å². The fraction of sp³-hybridized carbons (Fsp3) is 0.643. The molecule has 18 heavy (non-hydrogen) atoms. The molecule has 2 aliphatic heterocycles. The van der Waals surface area contributed by atoms with E-state index >= 15 is 0 Å². The van der Waals surface area contributed by atoms with E-state index < -0.39 is 0 Å². The number of hydrogen-bond donors (Lipinski definition) is 1. The van der Waals surface area contributed by atoms with Crippen molar-refractivity contribution in [2.45, 2.75) is 19.5 Å². The first-order valence-corrected chi connectivity index (χ1v) is 6.89. The summed E-state index contributed by atoms with van der Waals surface area (Å²) in [5.41, 5.74) is 2.60. The Morgan fingerprint density at radius 2 is 2.06 bits per heavy atom. The standard InChI is InChI=1S/C14H22N4/c1-12-6-13(8-16-7-12)9-17-10-14(11-17)18-4-2-15-3-5-18/h6-8,14-15H,2-5,9-11H2,1H3. The number of aryl methyl sites for hydroxylation is 1. The van der Waals surface area contributed by atoms with Crippen molar-refractivity contribution >= 4 is 0 Å². The van der Waals surface area contributed by atoms with E-state index in [9.17, 15) is 0 Å². The quantitative estimate of drug-likeness (QED) is 0.840. The van der Waals surface area contributed by atoms with Crippen LogP contribution in [0.1, 0.15) is 11.1 Å². The van der Waals surface area contributed by atoms with Crippen molar-refractivity contribution in [2.24, 2.45) is 0 Å². The first-order valence-electron chi connectivity index (χ1n) is 6.89. The minimum absolute atomic E-state index is 0.782. The van der Waals surface area contributed by atoms with Crippen LogP contribution >= 0.6 is 0 Å². The Labute approximate surface area is 109 Å². The van der Waals surface area contributed by atoms with E-state index in [1.54, 1.807) is 0 Å². The van der Waals surface area contributed by atoms with E-state index in [1.165, 1.54) is 37.3 Å². The van der Waals surface area contributed by atoms with E-state index in [0.717, 1.165) is 25.7 Å². The van der Waals surface area contributed by atoms with Gasteiger partial charge in [-0.15, -0.1) is 0 Å². The second-order valence-corrected chi connectivity index (χ2v) is 5.50. The van der Waals surface area contributed by atoms with Gasteiger partial charge in [0.25, 0.3) is 0 Å². The highest BCUT2D eigenvalue weighted by Crippen LogP contribution is 2.18. The summed E-state index contributed by atoms with van der Waals surface area (Å²) in [6.45, 7) is 10.3. The molecule has 1 aromatic rings. The minimum Gasteiger partial charge on any atom is -0.314 e. The zero-order chi connectivity index (χ0) is 12.4. The molecule has 3 rings (SSSR count). The molecule has 0 spiro atoms. The summed E-state index contributed by atoms with van der Waals surface area (Å²) < 4.78 is 0. The maximum absolute atomic E-state index is 4.26. The first kappa shape index (κ1) is 12.1. The normalized spacial score (nSPS) is 22.9. The van der Waals surface area contributed by atoms with Gasteiger partial charge in [0, 0.05) is 64.2 Å². The third kappa shape index (κ3) is 2.71. The lowest BCUT2D eigenvalue weighted by molar-refractivity contribution is 0.0222. The van der Waals surface area contributed by atoms with Crippen LogP contribution in [0.2, 0.25) is 0 Å². The van der Waals surface area contributed by atoms with Crippen molar-refractivity contribution in [1.82, 2.24) is 20.1 Å². The lowest BCUT2D eigenvalue weighted by Crippen LogP contribution is -2.62. The molecule has 4 heteroatoms. The van der Waals surface area contributed by atoms with Crippen LogP contribution in [0.4, 0.5) is 0 Å². The Balaban J connectivity index is 1.47. The van der Waals surface area contributed by atoms with Gasteiger partial charge in [0.05, 0.1) is 0 Å². The van der Waals surface area contributed by atoms with Gasteiger partial charge in [-0.05, 0) is 18.1 Å². The van der Waals surface area contributed by atoms with Crippen molar-refractivity contribution in [3.8, 4) is 0 Å². The van der Waals surface area contributed by atoms with Gasteiger partial charge in [0.1, 0.15) is 0 Å². The van der Waals surface area contributed by atoms with Gasteiger partial charge in [0.2, 0.25) is 0 Å². The zero-order valence-electron chi connectivity index (χ0n) is 11.1. The summed E-state index contributed by atoms with van der Waals surface area (Å²) in [6, 6.07) is 3.02. The van der Waals surface area contributed by atoms with E-state index in [1.807, 2.05) is 12.4 Å². The molecule has 0 amide bonds. The molecule has 1 N–H and O–H groups in total. The number of pyridine rings is 1. The van der Waals surface area contributed by atoms with Crippen LogP contribution in [0.3, 0.4) is 0 Å². The number of nitrogens with one attached hydrogen (secondary N) is 1. The largest absolute Gasteiger partial charge is 0.314 e. The van der Waals surface area contributed by atoms with Crippen LogP contribution in [-0.2, 0) is 6.54 Å². The number of piperazine rings is 1. The summed E-state index contributed by atoms with van der Waals surface area (Å²) >= 11 is 0. The van der Waals surface area contributed by atoms with Crippen LogP contribution < -0.4 is 5.32 Å². The Morgan fingerprint density at radius 1 is 1.28 bits per heavy atom. The van der Waals surface area contributed by atoms with Crippen molar-refractivity contribution in [2.75, 3.05) is 39.3 Å². The summed E-state index contributed by atoms with van der Waals surface area (Å²) in [6.07, 6.45) is 3.91. The van der Waals surface area contributed by atoms with Crippen molar-refractivity contribution in [3.63, 3.8) is 0 Å². The van der Waals surface area contributed by atoms with E-state index in [-0.39, 0.29) is 0 Å². The summed E-state index contributed by atoms with van der Waals surface area (Å²) in [4.78, 5) is 9.40. The lowest BCUT2D eigenvalue weighted by atomic mass is 10.0. The van der Waals surface area contributed by atoms with Crippen LogP contribution in [0.5, 0.6) is 0 Å². The topological polar surface area (TPSA) is 31.4 Å². The average Bonchev–Trinajstić information content (AvgIpc) is 2.34. The SMILES string of the molecule is Cc1cncc(CN2CC(N3CCNCC3)C2)c1. The molecule has 2 saturated heterocycles. The molecule has 0 radical (unpaired) electrons. The number of hydrogen-bond acceptors (Lipinski definition) is 4. The predicted molar refractivity (Wildman–Crippen MR) is 72.5 cm³/mol. The highest BCUT2D eigenvalue weighted by molar-refractivity contribution is 5.17. The Morgan fingerprint density at radius 3 is 2.78 bits per heavy atom. The van der Waals surface area contributed by atoms with E-state index in [2.05, 4.69) is 33.1 Å². The first-order chi connectivity index (χ1) is 8.81. The second-order valence-electron chi connectivity index (χ2n) is 5.50. The molecular weight excluding hydrogens is 224 g/mol. The van der Waals surface area contributed by atoms with Crippen molar-refractivity contribution in [3.05, 3.63) is 29.6 Å². The smallest absolute Gasteiger partial charge is 0.0351 e. The third-order valence-corrected chi connectivity index (χ3v) is 3.94. The molecule has 0 saturated carbocycles. The fourth-order valence-electron chi connectivity index (χ4n) is 2.91. The van der Waals surface area contributed by atoms with Gasteiger partial charge < -0.3 is 5.32 Å². The maximum Gasteiger partial charge on any atom is 0.0351 e. The number of likely N-dealkylation sites (tertiary alicyclic amines) is 1. The Kier molecular flexibility index (Phi) is 3.59. The molecule has 1 aromatic heterocycles.